The van der Waals surface area contributed by atoms with Gasteiger partial charge in [-0.05, 0) is 42.1 Å². The van der Waals surface area contributed by atoms with Gasteiger partial charge >= 0.3 is 5.97 Å². The van der Waals surface area contributed by atoms with Crippen LogP contribution in [0, 0.1) is 12.7 Å². The van der Waals surface area contributed by atoms with Crippen molar-refractivity contribution in [2.24, 2.45) is 0 Å². The summed E-state index contributed by atoms with van der Waals surface area (Å²) < 4.78 is 29.4. The highest BCUT2D eigenvalue weighted by Crippen LogP contribution is 2.30. The lowest BCUT2D eigenvalue weighted by atomic mass is 10.1. The number of aryl methyl sites for hydroxylation is 1. The second-order valence-electron chi connectivity index (χ2n) is 6.03. The van der Waals surface area contributed by atoms with Crippen LogP contribution < -0.4 is 4.74 Å². The number of hydrogen-bond donors (Lipinski definition) is 0. The SMILES string of the molecule is COc1ccc(COC(=O)c2cc(-c3cccs3)nc3onc(C)c23)cc1F. The van der Waals surface area contributed by atoms with Crippen LogP contribution in [0.4, 0.5) is 4.39 Å². The number of hydrogen-bond acceptors (Lipinski definition) is 7. The van der Waals surface area contributed by atoms with Crippen molar-refractivity contribution in [2.45, 2.75) is 13.5 Å². The Labute approximate surface area is 163 Å². The van der Waals surface area contributed by atoms with Gasteiger partial charge in [0.15, 0.2) is 11.6 Å². The first-order valence-corrected chi connectivity index (χ1v) is 9.25. The Hall–Kier alpha value is -3.26. The number of aromatic nitrogens is 2. The van der Waals surface area contributed by atoms with Gasteiger partial charge in [0.1, 0.15) is 6.61 Å². The van der Waals surface area contributed by atoms with Gasteiger partial charge in [-0.1, -0.05) is 17.3 Å². The molecule has 8 heteroatoms. The average Bonchev–Trinajstić information content (AvgIpc) is 3.36. The lowest BCUT2D eigenvalue weighted by Crippen LogP contribution is -2.07. The van der Waals surface area contributed by atoms with Crippen LogP contribution >= 0.6 is 11.3 Å². The standard InChI is InChI=1S/C20H15FN2O4S/c1-11-18-13(9-15(17-4-3-7-28-17)22-19(18)27-23-11)20(24)26-10-12-5-6-16(25-2)14(21)8-12/h3-9H,10H2,1-2H3. The van der Waals surface area contributed by atoms with Crippen molar-refractivity contribution in [1.29, 1.82) is 0 Å². The van der Waals surface area contributed by atoms with Crippen LogP contribution in [0.3, 0.4) is 0 Å². The number of carbonyl (C=O) groups is 1. The van der Waals surface area contributed by atoms with E-state index in [1.807, 2.05) is 17.5 Å². The van der Waals surface area contributed by atoms with Crippen molar-refractivity contribution in [3.05, 3.63) is 64.4 Å². The zero-order valence-corrected chi connectivity index (χ0v) is 15.9. The molecule has 3 aromatic heterocycles. The van der Waals surface area contributed by atoms with E-state index in [9.17, 15) is 9.18 Å². The first kappa shape index (κ1) is 18.1. The number of fused-ring (bicyclic) bond motifs is 1. The highest BCUT2D eigenvalue weighted by molar-refractivity contribution is 7.13. The number of halogens is 1. The van der Waals surface area contributed by atoms with Crippen LogP contribution in [0.25, 0.3) is 21.7 Å². The minimum atomic E-state index is -0.562. The van der Waals surface area contributed by atoms with Crippen LogP contribution in [0.1, 0.15) is 21.6 Å². The fraction of sp³-hybridized carbons (Fsp3) is 0.150. The van der Waals surface area contributed by atoms with E-state index in [-0.39, 0.29) is 18.1 Å². The van der Waals surface area contributed by atoms with E-state index in [1.54, 1.807) is 19.1 Å². The summed E-state index contributed by atoms with van der Waals surface area (Å²) in [6, 6.07) is 9.86. The molecule has 0 aliphatic carbocycles. The van der Waals surface area contributed by atoms with Gasteiger partial charge in [0.25, 0.3) is 5.71 Å². The van der Waals surface area contributed by atoms with Gasteiger partial charge in [-0.15, -0.1) is 11.3 Å². The highest BCUT2D eigenvalue weighted by Gasteiger charge is 2.21. The van der Waals surface area contributed by atoms with Crippen molar-refractivity contribution in [2.75, 3.05) is 7.11 Å². The van der Waals surface area contributed by atoms with E-state index < -0.39 is 11.8 Å². The monoisotopic (exact) mass is 398 g/mol. The molecule has 0 amide bonds. The molecule has 4 aromatic rings. The van der Waals surface area contributed by atoms with E-state index in [0.717, 1.165) is 4.88 Å². The number of rotatable bonds is 5. The lowest BCUT2D eigenvalue weighted by molar-refractivity contribution is 0.0474. The molecule has 0 radical (unpaired) electrons. The van der Waals surface area contributed by atoms with Crippen molar-refractivity contribution in [3.8, 4) is 16.3 Å². The molecule has 142 valence electrons. The van der Waals surface area contributed by atoms with E-state index in [0.29, 0.717) is 27.9 Å². The molecule has 3 heterocycles. The normalized spacial score (nSPS) is 11.0. The molecule has 0 unspecified atom stereocenters. The predicted molar refractivity (Wildman–Crippen MR) is 102 cm³/mol. The molecular weight excluding hydrogens is 383 g/mol. The lowest BCUT2D eigenvalue weighted by Gasteiger charge is -2.08. The Morgan fingerprint density at radius 1 is 1.29 bits per heavy atom. The molecular formula is C20H15FN2O4S. The number of thiophene rings is 1. The second-order valence-corrected chi connectivity index (χ2v) is 6.97. The number of methoxy groups -OCH3 is 1. The molecule has 0 aliphatic heterocycles. The fourth-order valence-electron chi connectivity index (χ4n) is 2.83. The maximum absolute atomic E-state index is 13.8. The van der Waals surface area contributed by atoms with Crippen molar-refractivity contribution >= 4 is 28.4 Å². The number of ether oxygens (including phenoxy) is 2. The first-order chi connectivity index (χ1) is 13.6. The maximum atomic E-state index is 13.8. The largest absolute Gasteiger partial charge is 0.494 e. The minimum absolute atomic E-state index is 0.0811. The molecule has 0 spiro atoms. The van der Waals surface area contributed by atoms with Crippen LogP contribution in [0.2, 0.25) is 0 Å². The summed E-state index contributed by atoms with van der Waals surface area (Å²) in [6.07, 6.45) is 0. The molecule has 1 aromatic carbocycles. The topological polar surface area (TPSA) is 74.5 Å². The van der Waals surface area contributed by atoms with Gasteiger partial charge in [0.05, 0.1) is 34.3 Å². The Kier molecular flexibility index (Phi) is 4.79. The molecule has 6 nitrogen and oxygen atoms in total. The summed E-state index contributed by atoms with van der Waals surface area (Å²) in [6.45, 7) is 1.65. The molecule has 0 N–H and O–H groups in total. The maximum Gasteiger partial charge on any atom is 0.339 e. The zero-order valence-electron chi connectivity index (χ0n) is 15.1. The van der Waals surface area contributed by atoms with Crippen LogP contribution in [-0.2, 0) is 11.3 Å². The average molecular weight is 398 g/mol. The highest BCUT2D eigenvalue weighted by atomic mass is 32.1. The van der Waals surface area contributed by atoms with Gasteiger partial charge in [0, 0.05) is 0 Å². The van der Waals surface area contributed by atoms with E-state index in [1.165, 1.54) is 30.6 Å². The quantitative estimate of drug-likeness (QED) is 0.451. The smallest absolute Gasteiger partial charge is 0.339 e. The third kappa shape index (κ3) is 3.34. The van der Waals surface area contributed by atoms with E-state index in [2.05, 4.69) is 10.1 Å². The van der Waals surface area contributed by atoms with Crippen LogP contribution in [0.15, 0.2) is 46.3 Å². The van der Waals surface area contributed by atoms with Crippen molar-refractivity contribution in [1.82, 2.24) is 10.1 Å². The van der Waals surface area contributed by atoms with Gasteiger partial charge in [0.2, 0.25) is 0 Å². The van der Waals surface area contributed by atoms with Crippen molar-refractivity contribution in [3.63, 3.8) is 0 Å². The third-order valence-corrected chi connectivity index (χ3v) is 5.09. The molecule has 28 heavy (non-hydrogen) atoms. The molecule has 0 fully saturated rings. The number of benzene rings is 1. The number of pyridine rings is 1. The summed E-state index contributed by atoms with van der Waals surface area (Å²) in [5.41, 5.74) is 2.23. The van der Waals surface area contributed by atoms with Crippen LogP contribution in [0.5, 0.6) is 5.75 Å². The molecule has 0 bridgehead atoms. The predicted octanol–water partition coefficient (Wildman–Crippen LogP) is 4.76. The molecule has 0 saturated heterocycles. The van der Waals surface area contributed by atoms with Gasteiger partial charge < -0.3 is 14.0 Å². The summed E-state index contributed by atoms with van der Waals surface area (Å²) in [7, 11) is 1.39. The summed E-state index contributed by atoms with van der Waals surface area (Å²) >= 11 is 1.50. The molecule has 0 saturated carbocycles. The van der Waals surface area contributed by atoms with E-state index >= 15 is 0 Å². The van der Waals surface area contributed by atoms with Crippen molar-refractivity contribution < 1.29 is 23.2 Å². The number of nitrogens with zero attached hydrogens (tertiary/aromatic N) is 2. The number of carbonyl (C=O) groups excluding carboxylic acids is 1. The van der Waals surface area contributed by atoms with E-state index in [4.69, 9.17) is 14.0 Å². The fourth-order valence-corrected chi connectivity index (χ4v) is 3.52. The Bertz CT molecular complexity index is 1150. The molecule has 0 atom stereocenters. The summed E-state index contributed by atoms with van der Waals surface area (Å²) in [5.74, 6) is -0.948. The zero-order chi connectivity index (χ0) is 19.7. The molecule has 0 aliphatic rings. The third-order valence-electron chi connectivity index (χ3n) is 4.20. The number of esters is 1. The van der Waals surface area contributed by atoms with Crippen LogP contribution in [-0.4, -0.2) is 23.2 Å². The summed E-state index contributed by atoms with van der Waals surface area (Å²) in [4.78, 5) is 18.1. The molecule has 4 rings (SSSR count). The van der Waals surface area contributed by atoms with Gasteiger partial charge in [-0.2, -0.15) is 0 Å². The second kappa shape index (κ2) is 7.40. The Morgan fingerprint density at radius 2 is 2.14 bits per heavy atom. The Morgan fingerprint density at radius 3 is 2.86 bits per heavy atom. The van der Waals surface area contributed by atoms with Gasteiger partial charge in [-0.25, -0.2) is 14.2 Å². The van der Waals surface area contributed by atoms with Gasteiger partial charge in [-0.3, -0.25) is 0 Å². The Balaban J connectivity index is 1.65. The first-order valence-electron chi connectivity index (χ1n) is 8.37. The minimum Gasteiger partial charge on any atom is -0.494 e. The summed E-state index contributed by atoms with van der Waals surface area (Å²) in [5, 5.41) is 6.33.